The molecule has 2 aliphatic rings. The molecule has 0 radical (unpaired) electrons. The van der Waals surface area contributed by atoms with E-state index in [0.717, 1.165) is 37.7 Å². The van der Waals surface area contributed by atoms with E-state index < -0.39 is 24.2 Å². The van der Waals surface area contributed by atoms with Gasteiger partial charge in [-0.05, 0) is 62.8 Å². The molecule has 1 aliphatic carbocycles. The minimum Gasteiger partial charge on any atom is -0.353 e. The molecule has 0 aromatic heterocycles. The summed E-state index contributed by atoms with van der Waals surface area (Å²) in [4.78, 5) is 37.6. The normalized spacial score (nSPS) is 23.9. The first-order valence-corrected chi connectivity index (χ1v) is 14.7. The van der Waals surface area contributed by atoms with Crippen molar-refractivity contribution in [2.45, 2.75) is 115 Å². The second-order valence-corrected chi connectivity index (χ2v) is 11.0. The molecule has 3 rings (SSSR count). The second-order valence-electron chi connectivity index (χ2n) is 11.0. The molecule has 0 amide bonds. The van der Waals surface area contributed by atoms with Gasteiger partial charge < -0.3 is 9.47 Å². The SMILES string of the molecule is CCCCC(F)(F)C(=O)CC[C@H]1[C@H](OC2CCCCO2)CC(=O)[C@@H]1C/C=C/CCCC(=O)Cc1ccccc1. The molecule has 39 heavy (non-hydrogen) atoms. The molecule has 1 saturated carbocycles. The molecular formula is C32H44F2O5. The summed E-state index contributed by atoms with van der Waals surface area (Å²) >= 11 is 0. The summed E-state index contributed by atoms with van der Waals surface area (Å²) in [6.07, 6.45) is 9.35. The molecule has 5 nitrogen and oxygen atoms in total. The summed E-state index contributed by atoms with van der Waals surface area (Å²) in [5, 5.41) is 0. The van der Waals surface area contributed by atoms with Crippen molar-refractivity contribution in [1.82, 2.24) is 0 Å². The minimum atomic E-state index is -3.32. The predicted molar refractivity (Wildman–Crippen MR) is 147 cm³/mol. The van der Waals surface area contributed by atoms with Crippen LogP contribution in [0.3, 0.4) is 0 Å². The number of ketones is 3. The van der Waals surface area contributed by atoms with E-state index in [4.69, 9.17) is 9.47 Å². The van der Waals surface area contributed by atoms with E-state index in [1.165, 1.54) is 0 Å². The van der Waals surface area contributed by atoms with Gasteiger partial charge in [0.05, 0.1) is 6.10 Å². The zero-order valence-electron chi connectivity index (χ0n) is 23.3. The van der Waals surface area contributed by atoms with Crippen LogP contribution in [0.4, 0.5) is 8.78 Å². The van der Waals surface area contributed by atoms with Crippen molar-refractivity contribution in [1.29, 1.82) is 0 Å². The third kappa shape index (κ3) is 10.3. The lowest BCUT2D eigenvalue weighted by Crippen LogP contribution is -2.33. The van der Waals surface area contributed by atoms with E-state index in [-0.39, 0.29) is 49.0 Å². The number of Topliss-reactive ketones (excluding diaryl/α,β-unsaturated/α-hetero) is 3. The van der Waals surface area contributed by atoms with Gasteiger partial charge in [0, 0.05) is 44.6 Å². The van der Waals surface area contributed by atoms with E-state index in [2.05, 4.69) is 0 Å². The molecule has 7 heteroatoms. The highest BCUT2D eigenvalue weighted by atomic mass is 19.3. The lowest BCUT2D eigenvalue weighted by Gasteiger charge is -2.30. The maximum atomic E-state index is 14.3. The number of carbonyl (C=O) groups is 3. The van der Waals surface area contributed by atoms with Gasteiger partial charge in [-0.1, -0.05) is 55.8 Å². The maximum absolute atomic E-state index is 14.3. The topological polar surface area (TPSA) is 69.7 Å². The van der Waals surface area contributed by atoms with Crippen LogP contribution in [-0.4, -0.2) is 42.3 Å². The van der Waals surface area contributed by atoms with Gasteiger partial charge in [-0.2, -0.15) is 8.78 Å². The van der Waals surface area contributed by atoms with E-state index in [1.807, 2.05) is 49.4 Å². The molecule has 216 valence electrons. The first-order chi connectivity index (χ1) is 18.8. The van der Waals surface area contributed by atoms with Crippen LogP contribution in [0.5, 0.6) is 0 Å². The molecule has 0 spiro atoms. The lowest BCUT2D eigenvalue weighted by molar-refractivity contribution is -0.196. The number of hydrogen-bond acceptors (Lipinski definition) is 5. The molecule has 0 bridgehead atoms. The molecule has 1 aromatic rings. The van der Waals surface area contributed by atoms with Crippen molar-refractivity contribution in [3.8, 4) is 0 Å². The monoisotopic (exact) mass is 546 g/mol. The van der Waals surface area contributed by atoms with Gasteiger partial charge in [-0.25, -0.2) is 0 Å². The Hall–Kier alpha value is -2.25. The van der Waals surface area contributed by atoms with E-state index in [9.17, 15) is 23.2 Å². The quantitative estimate of drug-likeness (QED) is 0.153. The van der Waals surface area contributed by atoms with Crippen molar-refractivity contribution in [3.63, 3.8) is 0 Å². The number of hydrogen-bond donors (Lipinski definition) is 0. The van der Waals surface area contributed by atoms with Gasteiger partial charge in [0.1, 0.15) is 11.6 Å². The summed E-state index contributed by atoms with van der Waals surface area (Å²) in [5.74, 6) is -4.79. The van der Waals surface area contributed by atoms with Gasteiger partial charge in [0.2, 0.25) is 5.78 Å². The summed E-state index contributed by atoms with van der Waals surface area (Å²) in [7, 11) is 0. The number of halogens is 2. The van der Waals surface area contributed by atoms with Crippen molar-refractivity contribution in [2.24, 2.45) is 11.8 Å². The van der Waals surface area contributed by atoms with Crippen LogP contribution < -0.4 is 0 Å². The highest BCUT2D eigenvalue weighted by Gasteiger charge is 2.45. The van der Waals surface area contributed by atoms with E-state index >= 15 is 0 Å². The Bertz CT molecular complexity index is 939. The van der Waals surface area contributed by atoms with Gasteiger partial charge >= 0.3 is 5.92 Å². The highest BCUT2D eigenvalue weighted by Crippen LogP contribution is 2.39. The fraction of sp³-hybridized carbons (Fsp3) is 0.656. The average molecular weight is 547 g/mol. The summed E-state index contributed by atoms with van der Waals surface area (Å²) in [6, 6.07) is 9.68. The molecule has 1 aromatic carbocycles. The van der Waals surface area contributed by atoms with Crippen molar-refractivity contribution < 1.29 is 32.6 Å². The van der Waals surface area contributed by atoms with Gasteiger partial charge in [0.25, 0.3) is 0 Å². The average Bonchev–Trinajstić information content (AvgIpc) is 3.22. The van der Waals surface area contributed by atoms with Gasteiger partial charge in [-0.3, -0.25) is 14.4 Å². The Kier molecular flexibility index (Phi) is 12.9. The molecule has 4 atom stereocenters. The number of benzene rings is 1. The van der Waals surface area contributed by atoms with E-state index in [1.54, 1.807) is 0 Å². The first-order valence-electron chi connectivity index (χ1n) is 14.7. The van der Waals surface area contributed by atoms with Crippen molar-refractivity contribution in [2.75, 3.05) is 6.61 Å². The second kappa shape index (κ2) is 16.1. The Balaban J connectivity index is 1.52. The predicted octanol–water partition coefficient (Wildman–Crippen LogP) is 7.21. The molecule has 1 aliphatic heterocycles. The number of carbonyl (C=O) groups excluding carboxylic acids is 3. The van der Waals surface area contributed by atoms with Crippen LogP contribution in [0.15, 0.2) is 42.5 Å². The number of ether oxygens (including phenoxy) is 2. The molecule has 1 unspecified atom stereocenters. The van der Waals surface area contributed by atoms with Crippen LogP contribution >= 0.6 is 0 Å². The Morgan fingerprint density at radius 1 is 1.10 bits per heavy atom. The first kappa shape index (κ1) is 31.3. The Morgan fingerprint density at radius 2 is 1.90 bits per heavy atom. The molecule has 1 saturated heterocycles. The number of allylic oxidation sites excluding steroid dienone is 2. The largest absolute Gasteiger partial charge is 0.353 e. The molecular weight excluding hydrogens is 502 g/mol. The lowest BCUT2D eigenvalue weighted by atomic mass is 9.86. The standard InChI is InChI=1S/C32H44F2O5/c1-2-3-20-32(33,34)30(37)19-18-27-26(28(36)23-29(27)39-31-17-11-12-21-38-31)16-10-5-4-9-15-25(35)22-24-13-7-6-8-14-24/h5-8,10,13-14,26-27,29,31H,2-4,9,11-12,15-23H2,1H3/b10-5+/t26-,27-,29-,31?/m1/s1. The molecule has 0 N–H and O–H groups in total. The van der Waals surface area contributed by atoms with Crippen molar-refractivity contribution in [3.05, 3.63) is 48.0 Å². The van der Waals surface area contributed by atoms with Crippen LogP contribution in [-0.2, 0) is 30.3 Å². The van der Waals surface area contributed by atoms with Crippen LogP contribution in [0.25, 0.3) is 0 Å². The highest BCUT2D eigenvalue weighted by molar-refractivity contribution is 5.86. The fourth-order valence-electron chi connectivity index (χ4n) is 5.56. The Morgan fingerprint density at radius 3 is 2.62 bits per heavy atom. The zero-order chi connectivity index (χ0) is 28.1. The van der Waals surface area contributed by atoms with Gasteiger partial charge in [0.15, 0.2) is 6.29 Å². The number of alkyl halides is 2. The van der Waals surface area contributed by atoms with E-state index in [0.29, 0.717) is 38.7 Å². The van der Waals surface area contributed by atoms with Crippen LogP contribution in [0, 0.1) is 11.8 Å². The fourth-order valence-corrected chi connectivity index (χ4v) is 5.56. The summed E-state index contributed by atoms with van der Waals surface area (Å²) in [5.41, 5.74) is 1.01. The third-order valence-corrected chi connectivity index (χ3v) is 7.86. The zero-order valence-corrected chi connectivity index (χ0v) is 23.3. The Labute approximate surface area is 231 Å². The third-order valence-electron chi connectivity index (χ3n) is 7.86. The molecule has 2 fully saturated rings. The van der Waals surface area contributed by atoms with Crippen LogP contribution in [0.2, 0.25) is 0 Å². The molecule has 1 heterocycles. The smallest absolute Gasteiger partial charge is 0.305 e. The number of unbranched alkanes of at least 4 members (excludes halogenated alkanes) is 2. The van der Waals surface area contributed by atoms with Crippen LogP contribution in [0.1, 0.15) is 96.0 Å². The summed E-state index contributed by atoms with van der Waals surface area (Å²) in [6.45, 7) is 2.43. The maximum Gasteiger partial charge on any atom is 0.305 e. The number of rotatable bonds is 17. The summed E-state index contributed by atoms with van der Waals surface area (Å²) < 4.78 is 40.5. The van der Waals surface area contributed by atoms with Crippen molar-refractivity contribution >= 4 is 17.3 Å². The van der Waals surface area contributed by atoms with Gasteiger partial charge in [-0.15, -0.1) is 0 Å². The minimum absolute atomic E-state index is 0.0497.